The van der Waals surface area contributed by atoms with Crippen LogP contribution in [0, 0.1) is 3.57 Å². The van der Waals surface area contributed by atoms with Crippen LogP contribution in [0.25, 0.3) is 11.0 Å². The number of carbonyl (C=O) groups is 2. The van der Waals surface area contributed by atoms with Gasteiger partial charge in [-0.3, -0.25) is 4.79 Å². The zero-order valence-electron chi connectivity index (χ0n) is 12.5. The second-order valence-corrected chi connectivity index (χ2v) is 6.32. The van der Waals surface area contributed by atoms with Crippen LogP contribution in [0.1, 0.15) is 10.4 Å². The van der Waals surface area contributed by atoms with E-state index in [1.54, 1.807) is 30.3 Å². The van der Waals surface area contributed by atoms with Crippen LogP contribution in [-0.4, -0.2) is 29.0 Å². The van der Waals surface area contributed by atoms with Crippen LogP contribution in [-0.2, 0) is 0 Å². The third kappa shape index (κ3) is 3.32. The van der Waals surface area contributed by atoms with Gasteiger partial charge in [-0.15, -0.1) is 0 Å². The molecule has 0 atom stereocenters. The number of benzene rings is 2. The number of aromatic amines is 1. The molecule has 0 fully saturated rings. The largest absolute Gasteiger partial charge is 0.530 e. The van der Waals surface area contributed by atoms with Gasteiger partial charge in [0.25, 0.3) is 5.91 Å². The fourth-order valence-electron chi connectivity index (χ4n) is 2.12. The molecule has 1 heterocycles. The molecule has 0 aliphatic heterocycles. The summed E-state index contributed by atoms with van der Waals surface area (Å²) in [5.74, 6) is -0.0662. The van der Waals surface area contributed by atoms with E-state index >= 15 is 0 Å². The Bertz CT molecular complexity index is 921. The van der Waals surface area contributed by atoms with Gasteiger partial charge in [0.1, 0.15) is 6.09 Å². The number of carbonyl (C=O) groups excluding carboxylic acids is 2. The Morgan fingerprint density at radius 2 is 1.92 bits per heavy atom. The molecule has 0 bridgehead atoms. The molecule has 122 valence electrons. The van der Waals surface area contributed by atoms with Crippen molar-refractivity contribution in [3.8, 4) is 0 Å². The van der Waals surface area contributed by atoms with Crippen molar-refractivity contribution in [1.82, 2.24) is 9.97 Å². The van der Waals surface area contributed by atoms with E-state index in [0.717, 1.165) is 8.47 Å². The highest BCUT2D eigenvalue weighted by Gasteiger charge is 2.10. The number of rotatable bonds is 3. The first-order chi connectivity index (χ1) is 11.4. The van der Waals surface area contributed by atoms with Crippen LogP contribution >= 0.6 is 22.6 Å². The zero-order chi connectivity index (χ0) is 17.3. The number of nitrogens with zero attached hydrogens (tertiary/aromatic N) is 2. The quantitative estimate of drug-likeness (QED) is 0.616. The SMILES string of the molecule is CN(C(=O)[O-])c1nc2ccc(NC(=O)c3ccc(I)cc3)cc2[nH]1. The first-order valence-corrected chi connectivity index (χ1v) is 8.03. The minimum absolute atomic E-state index is 0.158. The van der Waals surface area contributed by atoms with Crippen LogP contribution in [0.2, 0.25) is 0 Å². The first kappa shape index (κ1) is 16.2. The Hall–Kier alpha value is -2.62. The third-order valence-corrected chi connectivity index (χ3v) is 4.14. The summed E-state index contributed by atoms with van der Waals surface area (Å²) < 4.78 is 1.05. The van der Waals surface area contributed by atoms with Crippen LogP contribution in [0.4, 0.5) is 16.4 Å². The van der Waals surface area contributed by atoms with Gasteiger partial charge < -0.3 is 25.1 Å². The number of anilines is 2. The number of amides is 2. The molecule has 0 spiro atoms. The fourth-order valence-corrected chi connectivity index (χ4v) is 2.48. The van der Waals surface area contributed by atoms with Gasteiger partial charge in [0.15, 0.2) is 0 Å². The smallest absolute Gasteiger partial charge is 0.255 e. The summed E-state index contributed by atoms with van der Waals surface area (Å²) in [7, 11) is 1.34. The molecular weight excluding hydrogens is 423 g/mol. The Morgan fingerprint density at radius 3 is 2.58 bits per heavy atom. The lowest BCUT2D eigenvalue weighted by atomic mass is 10.2. The van der Waals surface area contributed by atoms with E-state index in [2.05, 4.69) is 37.9 Å². The van der Waals surface area contributed by atoms with Gasteiger partial charge in [-0.1, -0.05) is 0 Å². The van der Waals surface area contributed by atoms with Crippen LogP contribution in [0.3, 0.4) is 0 Å². The molecule has 0 aliphatic carbocycles. The molecule has 0 radical (unpaired) electrons. The van der Waals surface area contributed by atoms with Crippen molar-refractivity contribution in [2.45, 2.75) is 0 Å². The summed E-state index contributed by atoms with van der Waals surface area (Å²) in [6.45, 7) is 0. The summed E-state index contributed by atoms with van der Waals surface area (Å²) in [4.78, 5) is 31.0. The lowest BCUT2D eigenvalue weighted by Gasteiger charge is -2.15. The monoisotopic (exact) mass is 435 g/mol. The predicted octanol–water partition coefficient (Wildman–Crippen LogP) is 2.20. The zero-order valence-corrected chi connectivity index (χ0v) is 14.7. The third-order valence-electron chi connectivity index (χ3n) is 3.43. The summed E-state index contributed by atoms with van der Waals surface area (Å²) in [6, 6.07) is 12.3. The van der Waals surface area contributed by atoms with E-state index in [9.17, 15) is 14.7 Å². The number of imidazole rings is 1. The molecule has 1 aromatic heterocycles. The van der Waals surface area contributed by atoms with Crippen molar-refractivity contribution in [3.63, 3.8) is 0 Å². The molecule has 3 aromatic rings. The topological polar surface area (TPSA) is 101 Å². The van der Waals surface area contributed by atoms with Gasteiger partial charge >= 0.3 is 0 Å². The maximum absolute atomic E-state index is 12.2. The Morgan fingerprint density at radius 1 is 1.21 bits per heavy atom. The average Bonchev–Trinajstić information content (AvgIpc) is 2.97. The van der Waals surface area contributed by atoms with E-state index in [1.807, 2.05) is 12.1 Å². The van der Waals surface area contributed by atoms with Crippen LogP contribution in [0.5, 0.6) is 0 Å². The Kier molecular flexibility index (Phi) is 4.38. The van der Waals surface area contributed by atoms with Crippen molar-refractivity contribution in [1.29, 1.82) is 0 Å². The number of aromatic nitrogens is 2. The minimum atomic E-state index is -1.36. The maximum atomic E-state index is 12.2. The number of hydrogen-bond donors (Lipinski definition) is 2. The summed E-state index contributed by atoms with van der Waals surface area (Å²) in [5, 5.41) is 13.7. The molecule has 7 nitrogen and oxygen atoms in total. The van der Waals surface area contributed by atoms with E-state index in [-0.39, 0.29) is 11.9 Å². The maximum Gasteiger partial charge on any atom is 0.255 e. The molecule has 3 rings (SSSR count). The van der Waals surface area contributed by atoms with E-state index in [0.29, 0.717) is 22.3 Å². The number of nitrogens with one attached hydrogen (secondary N) is 2. The van der Waals surface area contributed by atoms with Gasteiger partial charge in [0, 0.05) is 21.9 Å². The molecule has 2 amide bonds. The standard InChI is InChI=1S/C16H13IN4O3/c1-21(16(23)24)15-19-12-7-6-11(8-13(12)20-15)18-14(22)9-2-4-10(17)5-3-9/h2-8H,1H3,(H,18,22)(H,19,20)(H,23,24)/p-1. The summed E-state index contributed by atoms with van der Waals surface area (Å²) >= 11 is 2.17. The molecule has 0 saturated heterocycles. The lowest BCUT2D eigenvalue weighted by Crippen LogP contribution is -2.38. The molecule has 2 N–H and O–H groups in total. The highest BCUT2D eigenvalue weighted by atomic mass is 127. The number of H-pyrrole nitrogens is 1. The van der Waals surface area contributed by atoms with Gasteiger partial charge in [-0.05, 0) is 65.1 Å². The normalized spacial score (nSPS) is 10.6. The fraction of sp³-hybridized carbons (Fsp3) is 0.0625. The Balaban J connectivity index is 1.84. The molecular formula is C16H12IN4O3-. The van der Waals surface area contributed by atoms with E-state index in [1.165, 1.54) is 7.05 Å². The van der Waals surface area contributed by atoms with Crippen molar-refractivity contribution >= 4 is 57.3 Å². The van der Waals surface area contributed by atoms with Crippen molar-refractivity contribution in [2.24, 2.45) is 0 Å². The molecule has 0 aliphatic rings. The second-order valence-electron chi connectivity index (χ2n) is 5.08. The minimum Gasteiger partial charge on any atom is -0.530 e. The first-order valence-electron chi connectivity index (χ1n) is 6.95. The molecule has 2 aromatic carbocycles. The van der Waals surface area contributed by atoms with Gasteiger partial charge in [-0.2, -0.15) is 0 Å². The average molecular weight is 435 g/mol. The van der Waals surface area contributed by atoms with E-state index in [4.69, 9.17) is 0 Å². The number of carboxylic acid groups (broad SMARTS) is 1. The molecule has 0 unspecified atom stereocenters. The number of hydrogen-bond acceptors (Lipinski definition) is 4. The second kappa shape index (κ2) is 6.48. The van der Waals surface area contributed by atoms with Crippen molar-refractivity contribution in [2.75, 3.05) is 17.3 Å². The summed E-state index contributed by atoms with van der Waals surface area (Å²) in [5.41, 5.74) is 2.33. The molecule has 0 saturated carbocycles. The van der Waals surface area contributed by atoms with Crippen molar-refractivity contribution in [3.05, 3.63) is 51.6 Å². The number of fused-ring (bicyclic) bond motifs is 1. The highest BCUT2D eigenvalue weighted by molar-refractivity contribution is 14.1. The van der Waals surface area contributed by atoms with Crippen LogP contribution in [0.15, 0.2) is 42.5 Å². The Labute approximate surface area is 150 Å². The van der Waals surface area contributed by atoms with Crippen molar-refractivity contribution < 1.29 is 14.7 Å². The molecule has 24 heavy (non-hydrogen) atoms. The predicted molar refractivity (Wildman–Crippen MR) is 97.0 cm³/mol. The van der Waals surface area contributed by atoms with Gasteiger partial charge in [-0.25, -0.2) is 4.98 Å². The van der Waals surface area contributed by atoms with Gasteiger partial charge in [0.05, 0.1) is 11.0 Å². The van der Waals surface area contributed by atoms with E-state index < -0.39 is 6.09 Å². The summed E-state index contributed by atoms with van der Waals surface area (Å²) in [6.07, 6.45) is -1.36. The van der Waals surface area contributed by atoms with Gasteiger partial charge in [0.2, 0.25) is 5.95 Å². The lowest BCUT2D eigenvalue weighted by molar-refractivity contribution is -0.246. The van der Waals surface area contributed by atoms with Crippen LogP contribution < -0.4 is 15.3 Å². The number of halogens is 1. The molecule has 8 heteroatoms. The highest BCUT2D eigenvalue weighted by Crippen LogP contribution is 2.21.